The highest BCUT2D eigenvalue weighted by molar-refractivity contribution is 8.18. The number of benzene rings is 1. The summed E-state index contributed by atoms with van der Waals surface area (Å²) in [6.07, 6.45) is 4.06. The van der Waals surface area contributed by atoms with Crippen molar-refractivity contribution < 1.29 is 18.7 Å². The topological polar surface area (TPSA) is 77.5 Å². The van der Waals surface area contributed by atoms with Crippen molar-refractivity contribution in [3.63, 3.8) is 0 Å². The standard InChI is InChI=1S/C21H26FN5O3S.2ClH/c1-25(2)16-7-10-26(13-16)21(29)30-17-12-15(22)6-5-14(17)11-18-19(28)24-20(31-18)27-9-4-3-8-23-27;;/h5-6,11-12,16,23H,3-4,7-10,13H2,1-2H3;2*1H/b18-11+;;/t16-;;/m0../s1. The average molecular weight is 520 g/mol. The highest BCUT2D eigenvalue weighted by Gasteiger charge is 2.30. The molecule has 3 aliphatic heterocycles. The van der Waals surface area contributed by atoms with Gasteiger partial charge in [0.2, 0.25) is 0 Å². The molecule has 0 saturated carbocycles. The second kappa shape index (κ2) is 12.0. The highest BCUT2D eigenvalue weighted by Crippen LogP contribution is 2.33. The number of hydrazine groups is 1. The van der Waals surface area contributed by atoms with E-state index in [1.807, 2.05) is 19.1 Å². The van der Waals surface area contributed by atoms with Crippen molar-refractivity contribution in [2.75, 3.05) is 40.3 Å². The predicted molar refractivity (Wildman–Crippen MR) is 133 cm³/mol. The van der Waals surface area contributed by atoms with E-state index in [1.165, 1.54) is 30.0 Å². The number of nitrogens with zero attached hydrogens (tertiary/aromatic N) is 4. The smallest absolute Gasteiger partial charge is 0.409 e. The molecule has 3 heterocycles. The molecule has 182 valence electrons. The largest absolute Gasteiger partial charge is 0.415 e. The van der Waals surface area contributed by atoms with Crippen LogP contribution in [0.4, 0.5) is 9.18 Å². The van der Waals surface area contributed by atoms with Crippen LogP contribution >= 0.6 is 36.6 Å². The Labute approximate surface area is 209 Å². The molecule has 1 aromatic rings. The Morgan fingerprint density at radius 1 is 1.30 bits per heavy atom. The third kappa shape index (κ3) is 6.60. The fourth-order valence-electron chi connectivity index (χ4n) is 3.71. The van der Waals surface area contributed by atoms with Crippen LogP contribution in [0.5, 0.6) is 5.75 Å². The Balaban J connectivity index is 0.00000193. The molecule has 1 atom stereocenters. The van der Waals surface area contributed by atoms with Gasteiger partial charge in [0, 0.05) is 43.9 Å². The molecule has 0 bridgehead atoms. The maximum Gasteiger partial charge on any atom is 0.415 e. The number of likely N-dealkylation sites (tertiary alicyclic amines) is 1. The molecule has 2 saturated heterocycles. The predicted octanol–water partition coefficient (Wildman–Crippen LogP) is 3.37. The molecular weight excluding hydrogens is 492 g/mol. The van der Waals surface area contributed by atoms with Crippen LogP contribution in [0.3, 0.4) is 0 Å². The maximum absolute atomic E-state index is 13.9. The van der Waals surface area contributed by atoms with Crippen molar-refractivity contribution in [1.29, 1.82) is 0 Å². The van der Waals surface area contributed by atoms with E-state index in [0.29, 0.717) is 28.7 Å². The van der Waals surface area contributed by atoms with Gasteiger partial charge in [-0.05, 0) is 63.3 Å². The van der Waals surface area contributed by atoms with Crippen LogP contribution in [0, 0.1) is 5.82 Å². The van der Waals surface area contributed by atoms with Gasteiger partial charge >= 0.3 is 6.09 Å². The fourth-order valence-corrected chi connectivity index (χ4v) is 4.62. The van der Waals surface area contributed by atoms with Gasteiger partial charge in [0.05, 0.1) is 4.91 Å². The van der Waals surface area contributed by atoms with E-state index in [9.17, 15) is 14.0 Å². The zero-order chi connectivity index (χ0) is 22.0. The number of carbonyl (C=O) groups excluding carboxylic acids is 2. The minimum atomic E-state index is -0.519. The van der Waals surface area contributed by atoms with Crippen molar-refractivity contribution in [2.24, 2.45) is 4.99 Å². The van der Waals surface area contributed by atoms with E-state index in [1.54, 1.807) is 11.0 Å². The van der Waals surface area contributed by atoms with Crippen LogP contribution < -0.4 is 10.2 Å². The zero-order valence-electron chi connectivity index (χ0n) is 18.5. The van der Waals surface area contributed by atoms with Crippen molar-refractivity contribution in [1.82, 2.24) is 20.2 Å². The number of rotatable bonds is 3. The first kappa shape index (κ1) is 27.4. The summed E-state index contributed by atoms with van der Waals surface area (Å²) >= 11 is 1.26. The lowest BCUT2D eigenvalue weighted by molar-refractivity contribution is -0.113. The van der Waals surface area contributed by atoms with Gasteiger partial charge in [0.15, 0.2) is 5.17 Å². The van der Waals surface area contributed by atoms with Gasteiger partial charge in [-0.1, -0.05) is 0 Å². The monoisotopic (exact) mass is 519 g/mol. The number of carbonyl (C=O) groups is 2. The van der Waals surface area contributed by atoms with Gasteiger partial charge in [0.25, 0.3) is 5.91 Å². The highest BCUT2D eigenvalue weighted by atomic mass is 35.5. The lowest BCUT2D eigenvalue weighted by atomic mass is 10.2. The molecule has 0 radical (unpaired) electrons. The second-order valence-electron chi connectivity index (χ2n) is 7.98. The summed E-state index contributed by atoms with van der Waals surface area (Å²) < 4.78 is 19.4. The fraction of sp³-hybridized carbons (Fsp3) is 0.476. The van der Waals surface area contributed by atoms with Crippen LogP contribution in [-0.2, 0) is 4.79 Å². The quantitative estimate of drug-likeness (QED) is 0.613. The summed E-state index contributed by atoms with van der Waals surface area (Å²) in [7, 11) is 3.95. The van der Waals surface area contributed by atoms with Gasteiger partial charge in [-0.25, -0.2) is 14.6 Å². The van der Waals surface area contributed by atoms with Crippen LogP contribution in [0.25, 0.3) is 6.08 Å². The minimum absolute atomic E-state index is 0. The number of hydrogen-bond acceptors (Lipinski definition) is 7. The number of likely N-dealkylation sites (N-methyl/N-ethyl adjacent to an activating group) is 1. The number of hydrogen-bond donors (Lipinski definition) is 1. The Bertz CT molecular complexity index is 940. The van der Waals surface area contributed by atoms with Gasteiger partial charge in [-0.3, -0.25) is 9.80 Å². The number of amides is 2. The maximum atomic E-state index is 13.9. The van der Waals surface area contributed by atoms with Crippen LogP contribution in [0.1, 0.15) is 24.8 Å². The minimum Gasteiger partial charge on any atom is -0.409 e. The summed E-state index contributed by atoms with van der Waals surface area (Å²) in [6.45, 7) is 2.78. The third-order valence-corrected chi connectivity index (χ3v) is 6.57. The lowest BCUT2D eigenvalue weighted by Gasteiger charge is -2.28. The molecule has 1 aromatic carbocycles. The lowest BCUT2D eigenvalue weighted by Crippen LogP contribution is -2.45. The normalized spacial score (nSPS) is 21.7. The average Bonchev–Trinajstić information content (AvgIpc) is 3.38. The molecule has 12 heteroatoms. The first-order valence-electron chi connectivity index (χ1n) is 10.4. The van der Waals surface area contributed by atoms with Crippen LogP contribution in [0.15, 0.2) is 28.1 Å². The summed E-state index contributed by atoms with van der Waals surface area (Å²) in [6, 6.07) is 4.22. The van der Waals surface area contributed by atoms with E-state index in [2.05, 4.69) is 15.3 Å². The molecule has 2 fully saturated rings. The van der Waals surface area contributed by atoms with E-state index in [0.717, 1.165) is 32.4 Å². The van der Waals surface area contributed by atoms with Crippen LogP contribution in [0.2, 0.25) is 0 Å². The van der Waals surface area contributed by atoms with E-state index >= 15 is 0 Å². The number of nitrogens with one attached hydrogen (secondary N) is 1. The van der Waals surface area contributed by atoms with Gasteiger partial charge < -0.3 is 14.5 Å². The number of halogens is 3. The summed E-state index contributed by atoms with van der Waals surface area (Å²) in [5, 5.41) is 2.48. The first-order chi connectivity index (χ1) is 14.9. The van der Waals surface area contributed by atoms with Crippen molar-refractivity contribution >= 4 is 59.8 Å². The van der Waals surface area contributed by atoms with Gasteiger partial charge in [0.1, 0.15) is 11.6 Å². The van der Waals surface area contributed by atoms with E-state index < -0.39 is 11.9 Å². The molecule has 0 aromatic heterocycles. The summed E-state index contributed by atoms with van der Waals surface area (Å²) in [5.74, 6) is -0.788. The number of aliphatic imine (C=N–C) groups is 1. The molecule has 8 nitrogen and oxygen atoms in total. The molecule has 0 aliphatic carbocycles. The SMILES string of the molecule is CN(C)[C@H]1CCN(C(=O)Oc2cc(F)ccc2/C=C2/SC(N3CCCCN3)=NC2=O)C1.Cl.Cl. The first-order valence-corrected chi connectivity index (χ1v) is 11.2. The molecule has 33 heavy (non-hydrogen) atoms. The molecule has 4 rings (SSSR count). The molecule has 0 spiro atoms. The Kier molecular flexibility index (Phi) is 9.99. The van der Waals surface area contributed by atoms with Crippen molar-refractivity contribution in [3.8, 4) is 5.75 Å². The van der Waals surface area contributed by atoms with E-state index in [-0.39, 0.29) is 42.5 Å². The molecule has 1 N–H and O–H groups in total. The van der Waals surface area contributed by atoms with Crippen molar-refractivity contribution in [2.45, 2.75) is 25.3 Å². The van der Waals surface area contributed by atoms with Crippen molar-refractivity contribution in [3.05, 3.63) is 34.5 Å². The van der Waals surface area contributed by atoms with E-state index in [4.69, 9.17) is 4.74 Å². The second-order valence-corrected chi connectivity index (χ2v) is 8.99. The zero-order valence-corrected chi connectivity index (χ0v) is 20.9. The Morgan fingerprint density at radius 3 is 2.76 bits per heavy atom. The summed E-state index contributed by atoms with van der Waals surface area (Å²) in [5.41, 5.74) is 3.68. The Hall–Kier alpha value is -1.85. The van der Waals surface area contributed by atoms with Gasteiger partial charge in [-0.2, -0.15) is 4.99 Å². The Morgan fingerprint density at radius 2 is 2.09 bits per heavy atom. The summed E-state index contributed by atoms with van der Waals surface area (Å²) in [4.78, 5) is 33.3. The molecule has 3 aliphatic rings. The third-order valence-electron chi connectivity index (χ3n) is 5.56. The number of amidine groups is 1. The molecule has 2 amide bonds. The number of ether oxygens (including phenoxy) is 1. The molecular formula is C21H28Cl2FN5O3S. The van der Waals surface area contributed by atoms with Gasteiger partial charge in [-0.15, -0.1) is 24.8 Å². The number of thioether (sulfide) groups is 1. The van der Waals surface area contributed by atoms with Crippen LogP contribution in [-0.4, -0.2) is 78.3 Å². The molecule has 0 unspecified atom stereocenters.